The normalized spacial score (nSPS) is 13.5. The Labute approximate surface area is 175 Å². The molecule has 3 aromatic heterocycles. The molecule has 0 amide bonds. The highest BCUT2D eigenvalue weighted by molar-refractivity contribution is 7.90. The van der Waals surface area contributed by atoms with Crippen LogP contribution in [-0.2, 0) is 9.84 Å². The van der Waals surface area contributed by atoms with Gasteiger partial charge in [-0.2, -0.15) is 18.3 Å². The highest BCUT2D eigenvalue weighted by atomic mass is 32.2. The second-order valence-corrected chi connectivity index (χ2v) is 9.50. The van der Waals surface area contributed by atoms with Crippen molar-refractivity contribution in [3.05, 3.63) is 60.6 Å². The van der Waals surface area contributed by atoms with E-state index in [1.165, 1.54) is 28.9 Å². The Kier molecular flexibility index (Phi) is 5.29. The van der Waals surface area contributed by atoms with Gasteiger partial charge < -0.3 is 4.98 Å². The van der Waals surface area contributed by atoms with E-state index < -0.39 is 34.1 Å². The van der Waals surface area contributed by atoms with Gasteiger partial charge in [-0.05, 0) is 36.2 Å². The number of imidazole rings is 1. The summed E-state index contributed by atoms with van der Waals surface area (Å²) in [5, 5.41) is 4.26. The maximum absolute atomic E-state index is 13.5. The Morgan fingerprint density at radius 1 is 1.16 bits per heavy atom. The Hall–Kier alpha value is -3.21. The Balaban J connectivity index is 1.57. The molecule has 0 aliphatic carbocycles. The van der Waals surface area contributed by atoms with Crippen LogP contribution in [0.1, 0.15) is 17.9 Å². The molecule has 1 unspecified atom stereocenters. The lowest BCUT2D eigenvalue weighted by Crippen LogP contribution is -2.23. The quantitative estimate of drug-likeness (QED) is 0.482. The molecule has 31 heavy (non-hydrogen) atoms. The first-order valence-electron chi connectivity index (χ1n) is 9.31. The molecular formula is C20H18F3N5O2S. The van der Waals surface area contributed by atoms with Crippen molar-refractivity contribution in [2.75, 3.05) is 12.0 Å². The maximum Gasteiger partial charge on any atom is 0.395 e. The molecule has 4 aromatic rings. The molecule has 162 valence electrons. The lowest BCUT2D eigenvalue weighted by atomic mass is 9.95. The largest absolute Gasteiger partial charge is 0.395 e. The third-order valence-corrected chi connectivity index (χ3v) is 5.82. The molecule has 7 nitrogen and oxygen atoms in total. The minimum absolute atomic E-state index is 0.00985. The zero-order chi connectivity index (χ0) is 22.2. The summed E-state index contributed by atoms with van der Waals surface area (Å²) in [6, 6.07) is 9.38. The van der Waals surface area contributed by atoms with Gasteiger partial charge in [0.25, 0.3) is 0 Å². The molecular weight excluding hydrogens is 431 g/mol. The fraction of sp³-hybridized carbons (Fsp3) is 0.250. The molecule has 0 aliphatic heterocycles. The van der Waals surface area contributed by atoms with Gasteiger partial charge in [0, 0.05) is 18.6 Å². The summed E-state index contributed by atoms with van der Waals surface area (Å²) in [6.07, 6.45) is 0.806. The smallest absolute Gasteiger partial charge is 0.336 e. The first-order valence-corrected chi connectivity index (χ1v) is 11.4. The first-order chi connectivity index (χ1) is 14.6. The number of H-pyrrole nitrogens is 1. The average Bonchev–Trinajstić information content (AvgIpc) is 3.33. The second kappa shape index (κ2) is 7.80. The van der Waals surface area contributed by atoms with Crippen LogP contribution in [0.4, 0.5) is 13.2 Å². The van der Waals surface area contributed by atoms with Crippen molar-refractivity contribution in [2.45, 2.75) is 18.5 Å². The van der Waals surface area contributed by atoms with E-state index in [0.717, 1.165) is 11.8 Å². The molecule has 0 aliphatic rings. The maximum atomic E-state index is 13.5. The number of aromatic nitrogens is 5. The SMILES string of the molecule is CS(=O)(=O)CCC(c1ccc(-n2cc(-c3nc4ncccc4[nH]3)cn2)cc1)C(F)(F)F. The second-order valence-electron chi connectivity index (χ2n) is 7.24. The lowest BCUT2D eigenvalue weighted by Gasteiger charge is -2.20. The van der Waals surface area contributed by atoms with Gasteiger partial charge >= 0.3 is 6.18 Å². The molecule has 1 aromatic carbocycles. The molecule has 0 spiro atoms. The Morgan fingerprint density at radius 2 is 1.90 bits per heavy atom. The number of nitrogens with zero attached hydrogens (tertiary/aromatic N) is 4. The molecule has 0 fully saturated rings. The van der Waals surface area contributed by atoms with Crippen LogP contribution in [-0.4, -0.2) is 51.3 Å². The van der Waals surface area contributed by atoms with E-state index >= 15 is 0 Å². The van der Waals surface area contributed by atoms with E-state index in [9.17, 15) is 21.6 Å². The van der Waals surface area contributed by atoms with Crippen LogP contribution in [0.15, 0.2) is 55.0 Å². The molecule has 11 heteroatoms. The number of halogens is 3. The third kappa shape index (κ3) is 4.76. The van der Waals surface area contributed by atoms with Crippen molar-refractivity contribution < 1.29 is 21.6 Å². The fourth-order valence-electron chi connectivity index (χ4n) is 3.28. The van der Waals surface area contributed by atoms with Crippen molar-refractivity contribution in [3.8, 4) is 17.1 Å². The molecule has 0 radical (unpaired) electrons. The van der Waals surface area contributed by atoms with Gasteiger partial charge in [0.1, 0.15) is 15.7 Å². The van der Waals surface area contributed by atoms with Crippen molar-refractivity contribution in [2.24, 2.45) is 0 Å². The van der Waals surface area contributed by atoms with Gasteiger partial charge in [-0.25, -0.2) is 23.1 Å². The number of alkyl halides is 3. The lowest BCUT2D eigenvalue weighted by molar-refractivity contribution is -0.150. The zero-order valence-electron chi connectivity index (χ0n) is 16.3. The Bertz CT molecular complexity index is 1280. The van der Waals surface area contributed by atoms with Crippen molar-refractivity contribution >= 4 is 21.0 Å². The molecule has 0 saturated carbocycles. The van der Waals surface area contributed by atoms with Crippen LogP contribution in [0.25, 0.3) is 28.2 Å². The van der Waals surface area contributed by atoms with Gasteiger partial charge in [0.15, 0.2) is 5.65 Å². The fourth-order valence-corrected chi connectivity index (χ4v) is 3.94. The first kappa shape index (κ1) is 21.0. The van der Waals surface area contributed by atoms with Crippen LogP contribution in [0.3, 0.4) is 0 Å². The van der Waals surface area contributed by atoms with Crippen LogP contribution in [0, 0.1) is 0 Å². The summed E-state index contributed by atoms with van der Waals surface area (Å²) in [5.74, 6) is -1.81. The summed E-state index contributed by atoms with van der Waals surface area (Å²) in [4.78, 5) is 11.7. The van der Waals surface area contributed by atoms with Crippen LogP contribution in [0.5, 0.6) is 0 Å². The van der Waals surface area contributed by atoms with Gasteiger partial charge in [-0.1, -0.05) is 12.1 Å². The number of sulfone groups is 1. The molecule has 1 N–H and O–H groups in total. The summed E-state index contributed by atoms with van der Waals surface area (Å²) >= 11 is 0. The zero-order valence-corrected chi connectivity index (χ0v) is 17.2. The topological polar surface area (TPSA) is 93.5 Å². The summed E-state index contributed by atoms with van der Waals surface area (Å²) in [5.41, 5.74) is 2.62. The van der Waals surface area contributed by atoms with Crippen molar-refractivity contribution in [3.63, 3.8) is 0 Å². The number of nitrogens with one attached hydrogen (secondary N) is 1. The number of benzene rings is 1. The van der Waals surface area contributed by atoms with Crippen molar-refractivity contribution in [1.82, 2.24) is 24.7 Å². The highest BCUT2D eigenvalue weighted by Crippen LogP contribution is 2.38. The average molecular weight is 449 g/mol. The number of fused-ring (bicyclic) bond motifs is 1. The van der Waals surface area contributed by atoms with Crippen LogP contribution in [0.2, 0.25) is 0 Å². The van der Waals surface area contributed by atoms with E-state index in [1.54, 1.807) is 24.7 Å². The molecule has 0 saturated heterocycles. The summed E-state index contributed by atoms with van der Waals surface area (Å²) in [6.45, 7) is 0. The van der Waals surface area contributed by atoms with E-state index in [-0.39, 0.29) is 5.56 Å². The monoisotopic (exact) mass is 449 g/mol. The molecule has 3 heterocycles. The predicted molar refractivity (Wildman–Crippen MR) is 110 cm³/mol. The third-order valence-electron chi connectivity index (χ3n) is 4.85. The van der Waals surface area contributed by atoms with Crippen LogP contribution < -0.4 is 0 Å². The van der Waals surface area contributed by atoms with E-state index in [2.05, 4.69) is 20.1 Å². The standard InChI is InChI=1S/C20H18F3N5O2S/c1-31(29,30)10-8-16(20(21,22)23)13-4-6-15(7-5-13)28-12-14(11-25-28)18-26-17-3-2-9-24-19(17)27-18/h2-7,9,11-12,16H,8,10H2,1H3,(H,24,26,27). The van der Waals surface area contributed by atoms with E-state index in [0.29, 0.717) is 22.7 Å². The van der Waals surface area contributed by atoms with Gasteiger partial charge in [0.05, 0.1) is 34.6 Å². The number of pyridine rings is 1. The summed E-state index contributed by atoms with van der Waals surface area (Å²) in [7, 11) is -3.50. The predicted octanol–water partition coefficient (Wildman–Crippen LogP) is 3.89. The summed E-state index contributed by atoms with van der Waals surface area (Å²) < 4.78 is 64.5. The highest BCUT2D eigenvalue weighted by Gasteiger charge is 2.40. The minimum Gasteiger partial charge on any atom is -0.336 e. The van der Waals surface area contributed by atoms with Gasteiger partial charge in [-0.3, -0.25) is 0 Å². The molecule has 0 bridgehead atoms. The number of aromatic amines is 1. The van der Waals surface area contributed by atoms with E-state index in [4.69, 9.17) is 0 Å². The Morgan fingerprint density at radius 3 is 2.55 bits per heavy atom. The van der Waals surface area contributed by atoms with Gasteiger partial charge in [0.2, 0.25) is 0 Å². The van der Waals surface area contributed by atoms with Crippen molar-refractivity contribution in [1.29, 1.82) is 0 Å². The minimum atomic E-state index is -4.54. The van der Waals surface area contributed by atoms with Gasteiger partial charge in [-0.15, -0.1) is 0 Å². The van der Waals surface area contributed by atoms with E-state index in [1.807, 2.05) is 6.07 Å². The van der Waals surface area contributed by atoms with Crippen LogP contribution >= 0.6 is 0 Å². The number of hydrogen-bond acceptors (Lipinski definition) is 5. The molecule has 4 rings (SSSR count). The molecule has 1 atom stereocenters. The number of rotatable bonds is 6. The number of hydrogen-bond donors (Lipinski definition) is 1.